The van der Waals surface area contributed by atoms with Crippen molar-refractivity contribution < 1.29 is 14.7 Å². The third-order valence-electron chi connectivity index (χ3n) is 2.70. The maximum absolute atomic E-state index is 11.8. The third-order valence-corrected chi connectivity index (χ3v) is 3.57. The maximum Gasteiger partial charge on any atom is 0.308 e. The lowest BCUT2D eigenvalue weighted by Gasteiger charge is -2.16. The molecule has 1 amide bonds. The van der Waals surface area contributed by atoms with Crippen LogP contribution in [-0.4, -0.2) is 23.5 Å². The summed E-state index contributed by atoms with van der Waals surface area (Å²) >= 11 is 1.46. The van der Waals surface area contributed by atoms with E-state index >= 15 is 0 Å². The molecule has 0 aromatic carbocycles. The molecule has 0 aliphatic heterocycles. The highest BCUT2D eigenvalue weighted by atomic mass is 32.1. The van der Waals surface area contributed by atoms with Gasteiger partial charge in [0.2, 0.25) is 0 Å². The second-order valence-corrected chi connectivity index (χ2v) is 5.11. The van der Waals surface area contributed by atoms with Crippen molar-refractivity contribution in [2.75, 3.05) is 6.54 Å². The quantitative estimate of drug-likeness (QED) is 0.847. The molecule has 1 unspecified atom stereocenters. The second kappa shape index (κ2) is 5.82. The Morgan fingerprint density at radius 3 is 2.47 bits per heavy atom. The molecule has 0 radical (unpaired) electrons. The number of nitrogens with one attached hydrogen (secondary N) is 1. The second-order valence-electron chi connectivity index (χ2n) is 4.37. The Labute approximate surface area is 105 Å². The van der Waals surface area contributed by atoms with E-state index < -0.39 is 11.9 Å². The van der Waals surface area contributed by atoms with Gasteiger partial charge in [0, 0.05) is 11.9 Å². The molecule has 0 aliphatic carbocycles. The minimum Gasteiger partial charge on any atom is -0.481 e. The minimum absolute atomic E-state index is 0.00336. The lowest BCUT2D eigenvalue weighted by atomic mass is 9.96. The number of carboxylic acid groups (broad SMARTS) is 1. The van der Waals surface area contributed by atoms with Gasteiger partial charge in [-0.25, -0.2) is 0 Å². The van der Waals surface area contributed by atoms with Crippen molar-refractivity contribution in [2.45, 2.75) is 20.8 Å². The van der Waals surface area contributed by atoms with E-state index in [1.54, 1.807) is 5.38 Å². The predicted octanol–water partition coefficient (Wildman–Crippen LogP) is 2.14. The monoisotopic (exact) mass is 255 g/mol. The predicted molar refractivity (Wildman–Crippen MR) is 67.4 cm³/mol. The first-order valence-corrected chi connectivity index (χ1v) is 6.41. The number of aryl methyl sites for hydroxylation is 1. The maximum atomic E-state index is 11.8. The fourth-order valence-electron chi connectivity index (χ4n) is 1.50. The van der Waals surface area contributed by atoms with E-state index in [9.17, 15) is 9.59 Å². The highest BCUT2D eigenvalue weighted by molar-refractivity contribution is 7.08. The van der Waals surface area contributed by atoms with Crippen LogP contribution in [0.4, 0.5) is 0 Å². The first-order chi connectivity index (χ1) is 7.93. The summed E-state index contributed by atoms with van der Waals surface area (Å²) in [4.78, 5) is 22.7. The van der Waals surface area contributed by atoms with Gasteiger partial charge < -0.3 is 10.4 Å². The van der Waals surface area contributed by atoms with Gasteiger partial charge in [-0.15, -0.1) is 0 Å². The van der Waals surface area contributed by atoms with Crippen LogP contribution in [0.15, 0.2) is 10.8 Å². The van der Waals surface area contributed by atoms with Crippen molar-refractivity contribution in [1.82, 2.24) is 5.32 Å². The molecule has 0 aliphatic rings. The molecular weight excluding hydrogens is 238 g/mol. The van der Waals surface area contributed by atoms with Crippen LogP contribution in [0.1, 0.15) is 29.8 Å². The zero-order valence-corrected chi connectivity index (χ0v) is 11.0. The molecule has 2 N–H and O–H groups in total. The summed E-state index contributed by atoms with van der Waals surface area (Å²) < 4.78 is 0. The van der Waals surface area contributed by atoms with E-state index in [2.05, 4.69) is 5.32 Å². The van der Waals surface area contributed by atoms with Crippen LogP contribution in [0.25, 0.3) is 0 Å². The summed E-state index contributed by atoms with van der Waals surface area (Å²) in [6.45, 7) is 5.70. The lowest BCUT2D eigenvalue weighted by molar-refractivity contribution is -0.142. The average Bonchev–Trinajstić information content (AvgIpc) is 2.63. The number of hydrogen-bond acceptors (Lipinski definition) is 3. The topological polar surface area (TPSA) is 66.4 Å². The molecule has 0 bridgehead atoms. The number of rotatable bonds is 5. The zero-order valence-electron chi connectivity index (χ0n) is 10.2. The van der Waals surface area contributed by atoms with Gasteiger partial charge in [-0.2, -0.15) is 11.3 Å². The molecule has 1 rings (SSSR count). The highest BCUT2D eigenvalue weighted by Gasteiger charge is 2.22. The minimum atomic E-state index is -0.873. The molecule has 4 nitrogen and oxygen atoms in total. The van der Waals surface area contributed by atoms with Gasteiger partial charge in [0.15, 0.2) is 0 Å². The number of carbonyl (C=O) groups is 2. The van der Waals surface area contributed by atoms with Gasteiger partial charge >= 0.3 is 5.97 Å². The summed E-state index contributed by atoms with van der Waals surface area (Å²) in [5, 5.41) is 15.3. The first-order valence-electron chi connectivity index (χ1n) is 5.47. The molecule has 94 valence electrons. The lowest BCUT2D eigenvalue weighted by Crippen LogP contribution is -2.35. The summed E-state index contributed by atoms with van der Waals surface area (Å²) in [7, 11) is 0. The van der Waals surface area contributed by atoms with Gasteiger partial charge in [-0.1, -0.05) is 13.8 Å². The van der Waals surface area contributed by atoms with E-state index in [4.69, 9.17) is 5.11 Å². The molecule has 0 saturated heterocycles. The Morgan fingerprint density at radius 2 is 2.06 bits per heavy atom. The van der Waals surface area contributed by atoms with E-state index in [1.807, 2.05) is 26.2 Å². The Bertz CT molecular complexity index is 412. The van der Waals surface area contributed by atoms with Gasteiger partial charge in [0.05, 0.1) is 11.5 Å². The van der Waals surface area contributed by atoms with Crippen molar-refractivity contribution in [3.8, 4) is 0 Å². The summed E-state index contributed by atoms with van der Waals surface area (Å²) in [5.41, 5.74) is 1.55. The largest absolute Gasteiger partial charge is 0.481 e. The van der Waals surface area contributed by atoms with Crippen LogP contribution in [0.5, 0.6) is 0 Å². The average molecular weight is 255 g/mol. The number of carboxylic acids is 1. The Kier molecular flexibility index (Phi) is 4.69. The molecule has 0 fully saturated rings. The van der Waals surface area contributed by atoms with Crippen molar-refractivity contribution in [2.24, 2.45) is 11.8 Å². The van der Waals surface area contributed by atoms with E-state index in [0.717, 1.165) is 5.56 Å². The van der Waals surface area contributed by atoms with Crippen molar-refractivity contribution >= 4 is 23.2 Å². The summed E-state index contributed by atoms with van der Waals surface area (Å²) in [6.07, 6.45) is 0. The molecule has 17 heavy (non-hydrogen) atoms. The number of thiophene rings is 1. The normalized spacial score (nSPS) is 12.5. The molecular formula is C12H17NO3S. The van der Waals surface area contributed by atoms with Crippen LogP contribution in [0.2, 0.25) is 0 Å². The van der Waals surface area contributed by atoms with Gasteiger partial charge in [0.1, 0.15) is 0 Å². The molecule has 5 heteroatoms. The number of hydrogen-bond donors (Lipinski definition) is 2. The van der Waals surface area contributed by atoms with Crippen molar-refractivity contribution in [3.05, 3.63) is 21.9 Å². The fourth-order valence-corrected chi connectivity index (χ4v) is 2.33. The van der Waals surface area contributed by atoms with Gasteiger partial charge in [-0.3, -0.25) is 9.59 Å². The van der Waals surface area contributed by atoms with Crippen LogP contribution in [-0.2, 0) is 4.79 Å². The molecule has 1 atom stereocenters. The van der Waals surface area contributed by atoms with Crippen molar-refractivity contribution in [3.63, 3.8) is 0 Å². The van der Waals surface area contributed by atoms with Crippen LogP contribution in [0, 0.1) is 18.8 Å². The number of amides is 1. The Morgan fingerprint density at radius 1 is 1.41 bits per heavy atom. The molecule has 1 heterocycles. The SMILES string of the molecule is Cc1cscc1C(=O)NCC(C(=O)O)C(C)C. The van der Waals surface area contributed by atoms with Crippen LogP contribution in [0.3, 0.4) is 0 Å². The smallest absolute Gasteiger partial charge is 0.308 e. The van der Waals surface area contributed by atoms with E-state index in [-0.39, 0.29) is 18.4 Å². The van der Waals surface area contributed by atoms with E-state index in [1.165, 1.54) is 11.3 Å². The van der Waals surface area contributed by atoms with Crippen LogP contribution >= 0.6 is 11.3 Å². The standard InChI is InChI=1S/C12H17NO3S/c1-7(2)9(12(15)16)4-13-11(14)10-6-17-5-8(10)3/h5-7,9H,4H2,1-3H3,(H,13,14)(H,15,16). The molecule has 0 saturated carbocycles. The molecule has 1 aromatic heterocycles. The first kappa shape index (κ1) is 13.7. The van der Waals surface area contributed by atoms with Gasteiger partial charge in [0.25, 0.3) is 5.91 Å². The van der Waals surface area contributed by atoms with Gasteiger partial charge in [-0.05, 0) is 23.8 Å². The molecule has 1 aromatic rings. The zero-order chi connectivity index (χ0) is 13.0. The summed E-state index contributed by atoms with van der Waals surface area (Å²) in [5.74, 6) is -1.62. The van der Waals surface area contributed by atoms with E-state index in [0.29, 0.717) is 5.56 Å². The number of carbonyl (C=O) groups excluding carboxylic acids is 1. The summed E-state index contributed by atoms with van der Waals surface area (Å²) in [6, 6.07) is 0. The van der Waals surface area contributed by atoms with Crippen LogP contribution < -0.4 is 5.32 Å². The highest BCUT2D eigenvalue weighted by Crippen LogP contribution is 2.14. The fraction of sp³-hybridized carbons (Fsp3) is 0.500. The Hall–Kier alpha value is -1.36. The number of aliphatic carboxylic acids is 1. The van der Waals surface area contributed by atoms with Crippen molar-refractivity contribution in [1.29, 1.82) is 0 Å². The third kappa shape index (κ3) is 3.56. The molecule has 0 spiro atoms. The Balaban J connectivity index is 2.59.